The molecule has 1 aliphatic heterocycles. The van der Waals surface area contributed by atoms with Crippen LogP contribution in [0.5, 0.6) is 0 Å². The van der Waals surface area contributed by atoms with Crippen LogP contribution < -0.4 is 0 Å². The van der Waals surface area contributed by atoms with Crippen LogP contribution in [-0.2, 0) is 4.74 Å². The van der Waals surface area contributed by atoms with Gasteiger partial charge in [-0.05, 0) is 38.8 Å². The van der Waals surface area contributed by atoms with Crippen LogP contribution in [0.4, 0.5) is 0 Å². The lowest BCUT2D eigenvalue weighted by Gasteiger charge is -2.36. The lowest BCUT2D eigenvalue weighted by Crippen LogP contribution is -2.43. The third-order valence-corrected chi connectivity index (χ3v) is 3.59. The van der Waals surface area contributed by atoms with Crippen molar-refractivity contribution in [2.24, 2.45) is 5.92 Å². The van der Waals surface area contributed by atoms with Gasteiger partial charge in [0.1, 0.15) is 0 Å². The third-order valence-electron chi connectivity index (χ3n) is 3.59. The molecule has 0 aromatic carbocycles. The molecular weight excluding hydrogens is 150 g/mol. The minimum atomic E-state index is 0.510. The van der Waals surface area contributed by atoms with E-state index in [1.165, 1.54) is 32.2 Å². The second-order valence-electron chi connectivity index (χ2n) is 4.23. The highest BCUT2D eigenvalue weighted by Gasteiger charge is 2.39. The van der Waals surface area contributed by atoms with Crippen LogP contribution in [0.2, 0.25) is 0 Å². The summed E-state index contributed by atoms with van der Waals surface area (Å²) in [7, 11) is 4.10. The number of fused-ring (bicyclic) bond motifs is 1. The van der Waals surface area contributed by atoms with E-state index in [1.807, 2.05) is 7.11 Å². The maximum Gasteiger partial charge on any atom is 0.0729 e. The summed E-state index contributed by atoms with van der Waals surface area (Å²) in [5.41, 5.74) is 0. The molecule has 0 aromatic rings. The summed E-state index contributed by atoms with van der Waals surface area (Å²) in [6.45, 7) is 1.27. The molecule has 0 aromatic heterocycles. The Hall–Kier alpha value is -0.0800. The second-order valence-corrected chi connectivity index (χ2v) is 4.23. The van der Waals surface area contributed by atoms with Crippen LogP contribution in [-0.4, -0.2) is 37.7 Å². The zero-order chi connectivity index (χ0) is 8.55. The highest BCUT2D eigenvalue weighted by molar-refractivity contribution is 4.93. The molecule has 1 saturated heterocycles. The Balaban J connectivity index is 2.07. The third kappa shape index (κ3) is 1.27. The van der Waals surface area contributed by atoms with Gasteiger partial charge in [-0.15, -0.1) is 0 Å². The maximum atomic E-state index is 5.53. The smallest absolute Gasteiger partial charge is 0.0729 e. The van der Waals surface area contributed by atoms with Crippen molar-refractivity contribution in [2.45, 2.75) is 37.8 Å². The van der Waals surface area contributed by atoms with E-state index in [2.05, 4.69) is 11.9 Å². The van der Waals surface area contributed by atoms with Crippen LogP contribution in [0.3, 0.4) is 0 Å². The van der Waals surface area contributed by atoms with Gasteiger partial charge >= 0.3 is 0 Å². The summed E-state index contributed by atoms with van der Waals surface area (Å²) in [6.07, 6.45) is 5.96. The Kier molecular flexibility index (Phi) is 2.37. The van der Waals surface area contributed by atoms with Crippen LogP contribution in [0.1, 0.15) is 25.7 Å². The summed E-state index contributed by atoms with van der Waals surface area (Å²) in [6, 6.07) is 0.726. The van der Waals surface area contributed by atoms with E-state index in [9.17, 15) is 0 Å². The van der Waals surface area contributed by atoms with E-state index < -0.39 is 0 Å². The van der Waals surface area contributed by atoms with Crippen molar-refractivity contribution in [2.75, 3.05) is 20.7 Å². The van der Waals surface area contributed by atoms with Gasteiger partial charge < -0.3 is 9.64 Å². The van der Waals surface area contributed by atoms with Crippen LogP contribution in [0.25, 0.3) is 0 Å². The first-order valence-electron chi connectivity index (χ1n) is 5.06. The Bertz CT molecular complexity index is 158. The van der Waals surface area contributed by atoms with Crippen LogP contribution in [0, 0.1) is 5.92 Å². The summed E-state index contributed by atoms with van der Waals surface area (Å²) in [5.74, 6) is 0.925. The van der Waals surface area contributed by atoms with Gasteiger partial charge in [0, 0.05) is 13.2 Å². The normalized spacial score (nSPS) is 43.0. The minimum absolute atomic E-state index is 0.510. The molecule has 1 heterocycles. The molecule has 0 amide bonds. The first-order valence-corrected chi connectivity index (χ1v) is 5.06. The van der Waals surface area contributed by atoms with E-state index in [0.717, 1.165) is 12.0 Å². The van der Waals surface area contributed by atoms with Gasteiger partial charge in [0.2, 0.25) is 0 Å². The van der Waals surface area contributed by atoms with E-state index in [1.54, 1.807) is 0 Å². The van der Waals surface area contributed by atoms with Crippen molar-refractivity contribution in [3.05, 3.63) is 0 Å². The first kappa shape index (κ1) is 8.52. The number of rotatable bonds is 1. The van der Waals surface area contributed by atoms with Gasteiger partial charge in [-0.2, -0.15) is 0 Å². The Labute approximate surface area is 74.9 Å². The van der Waals surface area contributed by atoms with Gasteiger partial charge in [0.25, 0.3) is 0 Å². The highest BCUT2D eigenvalue weighted by atomic mass is 16.5. The lowest BCUT2D eigenvalue weighted by molar-refractivity contribution is -0.00150. The number of likely N-dealkylation sites (tertiary alicyclic amines) is 1. The van der Waals surface area contributed by atoms with E-state index in [-0.39, 0.29) is 0 Å². The van der Waals surface area contributed by atoms with Crippen molar-refractivity contribution in [3.8, 4) is 0 Å². The molecule has 0 radical (unpaired) electrons. The number of hydrogen-bond donors (Lipinski definition) is 0. The molecule has 2 unspecified atom stereocenters. The monoisotopic (exact) mass is 169 g/mol. The van der Waals surface area contributed by atoms with E-state index in [0.29, 0.717) is 6.10 Å². The van der Waals surface area contributed by atoms with Crippen LogP contribution in [0.15, 0.2) is 0 Å². The fourth-order valence-electron chi connectivity index (χ4n) is 2.96. The number of hydrogen-bond acceptors (Lipinski definition) is 2. The molecule has 2 nitrogen and oxygen atoms in total. The van der Waals surface area contributed by atoms with E-state index >= 15 is 0 Å². The number of methoxy groups -OCH3 is 1. The van der Waals surface area contributed by atoms with Crippen LogP contribution >= 0.6 is 0 Å². The first-order chi connectivity index (χ1) is 5.83. The molecule has 2 rings (SSSR count). The van der Waals surface area contributed by atoms with Crippen molar-refractivity contribution >= 4 is 0 Å². The molecular formula is C10H19NO. The Morgan fingerprint density at radius 2 is 2.08 bits per heavy atom. The Morgan fingerprint density at radius 1 is 1.25 bits per heavy atom. The van der Waals surface area contributed by atoms with Gasteiger partial charge in [-0.3, -0.25) is 0 Å². The van der Waals surface area contributed by atoms with Gasteiger partial charge in [-0.25, -0.2) is 0 Å². The predicted octanol–water partition coefficient (Wildman–Crippen LogP) is 1.51. The Morgan fingerprint density at radius 3 is 2.83 bits per heavy atom. The molecule has 12 heavy (non-hydrogen) atoms. The fraction of sp³-hybridized carbons (Fsp3) is 1.00. The maximum absolute atomic E-state index is 5.53. The van der Waals surface area contributed by atoms with Gasteiger partial charge in [0.15, 0.2) is 0 Å². The second kappa shape index (κ2) is 3.35. The molecule has 0 spiro atoms. The molecule has 2 fully saturated rings. The molecule has 0 bridgehead atoms. The molecule has 2 aliphatic rings. The van der Waals surface area contributed by atoms with E-state index in [4.69, 9.17) is 4.74 Å². The van der Waals surface area contributed by atoms with Crippen molar-refractivity contribution in [1.29, 1.82) is 0 Å². The zero-order valence-electron chi connectivity index (χ0n) is 8.12. The van der Waals surface area contributed by atoms with Gasteiger partial charge in [0.05, 0.1) is 6.10 Å². The summed E-state index contributed by atoms with van der Waals surface area (Å²) < 4.78 is 5.53. The molecule has 1 saturated carbocycles. The zero-order valence-corrected chi connectivity index (χ0v) is 8.12. The lowest BCUT2D eigenvalue weighted by atomic mass is 9.83. The summed E-state index contributed by atoms with van der Waals surface area (Å²) >= 11 is 0. The molecule has 3 atom stereocenters. The standard InChI is InChI=1S/C10H19NO/c1-11-7-6-8-4-3-5-9(12-2)10(8)11/h8-10H,3-7H2,1-2H3/t8?,9-,10?/m0/s1. The largest absolute Gasteiger partial charge is 0.380 e. The molecule has 70 valence electrons. The predicted molar refractivity (Wildman–Crippen MR) is 49.2 cm³/mol. The molecule has 1 aliphatic carbocycles. The quantitative estimate of drug-likeness (QED) is 0.590. The molecule has 2 heteroatoms. The van der Waals surface area contributed by atoms with Gasteiger partial charge in [-0.1, -0.05) is 6.42 Å². The topological polar surface area (TPSA) is 12.5 Å². The summed E-state index contributed by atoms with van der Waals surface area (Å²) in [4.78, 5) is 2.48. The molecule has 0 N–H and O–H groups in total. The highest BCUT2D eigenvalue weighted by Crippen LogP contribution is 2.36. The van der Waals surface area contributed by atoms with Crippen molar-refractivity contribution in [3.63, 3.8) is 0 Å². The number of likely N-dealkylation sites (N-methyl/N-ethyl adjacent to an activating group) is 1. The summed E-state index contributed by atoms with van der Waals surface area (Å²) in [5, 5.41) is 0. The average molecular weight is 169 g/mol. The van der Waals surface area contributed by atoms with Crippen molar-refractivity contribution in [1.82, 2.24) is 4.90 Å². The van der Waals surface area contributed by atoms with Crippen molar-refractivity contribution < 1.29 is 4.74 Å². The number of nitrogens with zero attached hydrogens (tertiary/aromatic N) is 1. The average Bonchev–Trinajstić information content (AvgIpc) is 2.48. The number of ether oxygens (including phenoxy) is 1. The minimum Gasteiger partial charge on any atom is -0.380 e. The SMILES string of the molecule is CO[C@H]1CCCC2CCN(C)C21. The fourth-order valence-corrected chi connectivity index (χ4v) is 2.96.